The molecule has 1 saturated heterocycles. The molecule has 0 amide bonds. The van der Waals surface area contributed by atoms with Gasteiger partial charge in [0.2, 0.25) is 0 Å². The third-order valence-electron chi connectivity index (χ3n) is 4.71. The van der Waals surface area contributed by atoms with E-state index in [1.807, 2.05) is 0 Å². The molecule has 3 aromatic rings. The Bertz CT molecular complexity index is 1080. The van der Waals surface area contributed by atoms with Crippen molar-refractivity contribution in [2.45, 2.75) is 6.54 Å². The van der Waals surface area contributed by atoms with E-state index in [0.717, 1.165) is 26.2 Å². The zero-order valence-corrected chi connectivity index (χ0v) is 16.0. The number of methoxy groups -OCH3 is 1. The third-order valence-corrected chi connectivity index (χ3v) is 4.91. The summed E-state index contributed by atoms with van der Waals surface area (Å²) >= 11 is 6.02. The van der Waals surface area contributed by atoms with Crippen molar-refractivity contribution in [3.8, 4) is 11.6 Å². The Morgan fingerprint density at radius 1 is 1.29 bits per heavy atom. The number of ether oxygens (including phenoxy) is 1. The van der Waals surface area contributed by atoms with Crippen LogP contribution in [0.3, 0.4) is 0 Å². The van der Waals surface area contributed by atoms with E-state index >= 15 is 0 Å². The molecule has 4 rings (SSSR count). The lowest BCUT2D eigenvalue weighted by molar-refractivity contribution is 0.226. The monoisotopic (exact) mass is 403 g/mol. The normalized spacial score (nSPS) is 15.1. The van der Waals surface area contributed by atoms with E-state index in [9.17, 15) is 9.18 Å². The van der Waals surface area contributed by atoms with Crippen LogP contribution in [0.2, 0.25) is 5.02 Å². The lowest BCUT2D eigenvalue weighted by Gasteiger charge is -2.27. The Morgan fingerprint density at radius 3 is 2.82 bits per heavy atom. The molecule has 0 spiro atoms. The Hall–Kier alpha value is -2.55. The summed E-state index contributed by atoms with van der Waals surface area (Å²) in [6, 6.07) is 5.60. The van der Waals surface area contributed by atoms with Gasteiger partial charge in [-0.2, -0.15) is 0 Å². The fraction of sp³-hybridized carbons (Fsp3) is 0.316. The number of nitrogens with zero attached hydrogens (tertiary/aromatic N) is 4. The minimum atomic E-state index is -0.496. The Kier molecular flexibility index (Phi) is 5.25. The van der Waals surface area contributed by atoms with Crippen molar-refractivity contribution in [3.05, 3.63) is 57.5 Å². The van der Waals surface area contributed by atoms with E-state index in [2.05, 4.69) is 20.2 Å². The van der Waals surface area contributed by atoms with E-state index in [1.165, 1.54) is 36.1 Å². The number of nitrogens with one attached hydrogen (secondary N) is 1. The van der Waals surface area contributed by atoms with Crippen molar-refractivity contribution in [1.82, 2.24) is 24.8 Å². The van der Waals surface area contributed by atoms with Gasteiger partial charge >= 0.3 is 0 Å². The molecule has 1 aliphatic rings. The fourth-order valence-electron chi connectivity index (χ4n) is 3.33. The summed E-state index contributed by atoms with van der Waals surface area (Å²) in [6.07, 6.45) is 1.44. The second-order valence-electron chi connectivity index (χ2n) is 6.54. The Balaban J connectivity index is 1.94. The molecule has 1 fully saturated rings. The quantitative estimate of drug-likeness (QED) is 0.718. The van der Waals surface area contributed by atoms with Gasteiger partial charge in [0, 0.05) is 38.4 Å². The molecule has 146 valence electrons. The molecule has 1 aliphatic heterocycles. The fourth-order valence-corrected chi connectivity index (χ4v) is 3.48. The van der Waals surface area contributed by atoms with Gasteiger partial charge in [-0.25, -0.2) is 18.9 Å². The van der Waals surface area contributed by atoms with Crippen LogP contribution in [0.25, 0.3) is 16.7 Å². The first-order valence-electron chi connectivity index (χ1n) is 8.91. The van der Waals surface area contributed by atoms with Crippen molar-refractivity contribution >= 4 is 22.5 Å². The summed E-state index contributed by atoms with van der Waals surface area (Å²) in [5.41, 5.74) is 0.0449. The summed E-state index contributed by atoms with van der Waals surface area (Å²) in [5, 5.41) is 3.87. The molecule has 0 radical (unpaired) electrons. The largest absolute Gasteiger partial charge is 0.493 e. The van der Waals surface area contributed by atoms with Crippen LogP contribution in [-0.2, 0) is 6.54 Å². The van der Waals surface area contributed by atoms with Gasteiger partial charge in [-0.1, -0.05) is 11.6 Å². The molecule has 0 unspecified atom stereocenters. The predicted molar refractivity (Wildman–Crippen MR) is 105 cm³/mol. The van der Waals surface area contributed by atoms with Crippen LogP contribution in [0.1, 0.15) is 5.82 Å². The predicted octanol–water partition coefficient (Wildman–Crippen LogP) is 1.99. The Morgan fingerprint density at radius 2 is 2.07 bits per heavy atom. The van der Waals surface area contributed by atoms with E-state index in [0.29, 0.717) is 28.7 Å². The van der Waals surface area contributed by atoms with Crippen LogP contribution in [0, 0.1) is 5.82 Å². The number of aromatic nitrogens is 3. The summed E-state index contributed by atoms with van der Waals surface area (Å²) in [6.45, 7) is 3.86. The van der Waals surface area contributed by atoms with Crippen LogP contribution >= 0.6 is 11.6 Å². The molecular weight excluding hydrogens is 385 g/mol. The first-order chi connectivity index (χ1) is 13.6. The molecular formula is C19H19ClFN5O2. The van der Waals surface area contributed by atoms with Gasteiger partial charge in [-0.15, -0.1) is 0 Å². The standard InChI is InChI=1S/C19H19ClFN5O2/c1-28-16-8-12(20)10-23-18(16)26-17(11-25-6-4-22-5-7-25)24-15-3-2-13(21)9-14(15)19(26)27/h2-3,8-10,22H,4-7,11H2,1H3. The van der Waals surface area contributed by atoms with E-state index in [-0.39, 0.29) is 11.2 Å². The molecule has 0 aliphatic carbocycles. The highest BCUT2D eigenvalue weighted by Gasteiger charge is 2.20. The number of hydrogen-bond acceptors (Lipinski definition) is 6. The second-order valence-corrected chi connectivity index (χ2v) is 6.97. The van der Waals surface area contributed by atoms with Gasteiger partial charge in [-0.05, 0) is 18.2 Å². The molecule has 1 aromatic carbocycles. The highest BCUT2D eigenvalue weighted by Crippen LogP contribution is 2.25. The zero-order valence-electron chi connectivity index (χ0n) is 15.3. The van der Waals surface area contributed by atoms with E-state index in [4.69, 9.17) is 16.3 Å². The summed E-state index contributed by atoms with van der Waals surface area (Å²) < 4.78 is 20.5. The summed E-state index contributed by atoms with van der Waals surface area (Å²) in [4.78, 5) is 24.5. The number of benzene rings is 1. The highest BCUT2D eigenvalue weighted by atomic mass is 35.5. The summed E-state index contributed by atoms with van der Waals surface area (Å²) in [5.74, 6) is 0.636. The lowest BCUT2D eigenvalue weighted by atomic mass is 10.2. The number of fused-ring (bicyclic) bond motifs is 1. The Labute approximate surface area is 165 Å². The molecule has 0 saturated carbocycles. The number of piperazine rings is 1. The molecule has 3 heterocycles. The van der Waals surface area contributed by atoms with Crippen LogP contribution in [0.5, 0.6) is 5.75 Å². The molecule has 9 heteroatoms. The lowest BCUT2D eigenvalue weighted by Crippen LogP contribution is -2.44. The average molecular weight is 404 g/mol. The molecule has 0 bridgehead atoms. The van der Waals surface area contributed by atoms with Crippen LogP contribution < -0.4 is 15.6 Å². The highest BCUT2D eigenvalue weighted by molar-refractivity contribution is 6.30. The van der Waals surface area contributed by atoms with E-state index in [1.54, 1.807) is 6.07 Å². The van der Waals surface area contributed by atoms with Crippen molar-refractivity contribution in [2.75, 3.05) is 33.3 Å². The van der Waals surface area contributed by atoms with Gasteiger partial charge in [-0.3, -0.25) is 9.69 Å². The number of hydrogen-bond donors (Lipinski definition) is 1. The third kappa shape index (κ3) is 3.58. The van der Waals surface area contributed by atoms with Crippen LogP contribution in [-0.4, -0.2) is 52.7 Å². The zero-order chi connectivity index (χ0) is 19.7. The maximum absolute atomic E-state index is 13.8. The smallest absolute Gasteiger partial charge is 0.267 e. The molecule has 1 N–H and O–H groups in total. The van der Waals surface area contributed by atoms with Gasteiger partial charge in [0.05, 0.1) is 29.6 Å². The van der Waals surface area contributed by atoms with Gasteiger partial charge in [0.1, 0.15) is 11.6 Å². The topological polar surface area (TPSA) is 72.3 Å². The molecule has 7 nitrogen and oxygen atoms in total. The van der Waals surface area contributed by atoms with Gasteiger partial charge in [0.15, 0.2) is 11.6 Å². The second kappa shape index (κ2) is 7.83. The first-order valence-corrected chi connectivity index (χ1v) is 9.29. The minimum absolute atomic E-state index is 0.183. The van der Waals surface area contributed by atoms with Crippen molar-refractivity contribution in [3.63, 3.8) is 0 Å². The first kappa shape index (κ1) is 18.8. The van der Waals surface area contributed by atoms with Gasteiger partial charge < -0.3 is 10.1 Å². The maximum atomic E-state index is 13.8. The average Bonchev–Trinajstić information content (AvgIpc) is 2.70. The van der Waals surface area contributed by atoms with Crippen molar-refractivity contribution in [1.29, 1.82) is 0 Å². The summed E-state index contributed by atoms with van der Waals surface area (Å²) in [7, 11) is 1.48. The van der Waals surface area contributed by atoms with Crippen LogP contribution in [0.15, 0.2) is 35.3 Å². The maximum Gasteiger partial charge on any atom is 0.267 e. The van der Waals surface area contributed by atoms with E-state index < -0.39 is 11.4 Å². The molecule has 0 atom stereocenters. The number of rotatable bonds is 4. The van der Waals surface area contributed by atoms with Gasteiger partial charge in [0.25, 0.3) is 5.56 Å². The minimum Gasteiger partial charge on any atom is -0.493 e. The number of pyridine rings is 1. The van der Waals surface area contributed by atoms with Crippen molar-refractivity contribution < 1.29 is 9.13 Å². The van der Waals surface area contributed by atoms with Crippen LogP contribution in [0.4, 0.5) is 4.39 Å². The number of halogens is 2. The van der Waals surface area contributed by atoms with Crippen molar-refractivity contribution in [2.24, 2.45) is 0 Å². The SMILES string of the molecule is COc1cc(Cl)cnc1-n1c(CN2CCNCC2)nc2ccc(F)cc2c1=O. The molecule has 2 aromatic heterocycles. The molecule has 28 heavy (non-hydrogen) atoms.